The number of hydrogen-bond acceptors (Lipinski definition) is 3. The van der Waals surface area contributed by atoms with Crippen LogP contribution >= 0.6 is 12.2 Å². The van der Waals surface area contributed by atoms with Crippen LogP contribution in [0.2, 0.25) is 0 Å². The molecular weight excluding hydrogens is 272 g/mol. The largest absolute Gasteiger partial charge is 0.469 e. The summed E-state index contributed by atoms with van der Waals surface area (Å²) in [6, 6.07) is 3.89. The quantitative estimate of drug-likeness (QED) is 0.791. The van der Waals surface area contributed by atoms with Gasteiger partial charge >= 0.3 is 0 Å². The highest BCUT2D eigenvalue weighted by Crippen LogP contribution is 2.46. The van der Waals surface area contributed by atoms with E-state index < -0.39 is 5.41 Å². The number of nitrogens with two attached hydrogens (primary N) is 1. The second-order valence-corrected chi connectivity index (χ2v) is 6.39. The number of nitrogens with one attached hydrogen (secondary N) is 1. The van der Waals surface area contributed by atoms with Crippen molar-refractivity contribution in [2.45, 2.75) is 45.6 Å². The summed E-state index contributed by atoms with van der Waals surface area (Å²) in [6.07, 6.45) is 4.83. The zero-order chi connectivity index (χ0) is 14.8. The lowest BCUT2D eigenvalue weighted by Gasteiger charge is -2.44. The summed E-state index contributed by atoms with van der Waals surface area (Å²) in [5.41, 5.74) is 5.16. The minimum absolute atomic E-state index is 0.0185. The van der Waals surface area contributed by atoms with Crippen LogP contribution < -0.4 is 11.1 Å². The molecule has 110 valence electrons. The van der Waals surface area contributed by atoms with Crippen molar-refractivity contribution in [1.82, 2.24) is 5.32 Å². The van der Waals surface area contributed by atoms with Crippen LogP contribution in [0.25, 0.3) is 0 Å². The normalized spacial score (nSPS) is 26.6. The molecule has 1 atom stereocenters. The van der Waals surface area contributed by atoms with Crippen molar-refractivity contribution in [3.05, 3.63) is 24.2 Å². The molecule has 1 aliphatic rings. The molecule has 1 heterocycles. The maximum atomic E-state index is 12.4. The Bertz CT molecular complexity index is 478. The van der Waals surface area contributed by atoms with E-state index in [1.807, 2.05) is 19.1 Å². The minimum atomic E-state index is -0.617. The van der Waals surface area contributed by atoms with Gasteiger partial charge < -0.3 is 15.5 Å². The number of carbonyl (C=O) groups is 1. The van der Waals surface area contributed by atoms with Gasteiger partial charge in [-0.15, -0.1) is 0 Å². The first-order chi connectivity index (χ1) is 9.44. The fourth-order valence-electron chi connectivity index (χ4n) is 2.88. The van der Waals surface area contributed by atoms with Gasteiger partial charge in [0.15, 0.2) is 0 Å². The first-order valence-electron chi connectivity index (χ1n) is 7.07. The average molecular weight is 294 g/mol. The Labute approximate surface area is 125 Å². The van der Waals surface area contributed by atoms with Crippen LogP contribution in [0.1, 0.15) is 38.9 Å². The van der Waals surface area contributed by atoms with Gasteiger partial charge in [-0.2, -0.15) is 0 Å². The highest BCUT2D eigenvalue weighted by atomic mass is 32.1. The zero-order valence-electron chi connectivity index (χ0n) is 12.0. The summed E-state index contributed by atoms with van der Waals surface area (Å²) >= 11 is 5.09. The molecule has 4 nitrogen and oxygen atoms in total. The van der Waals surface area contributed by atoms with E-state index in [0.717, 1.165) is 31.4 Å². The third kappa shape index (κ3) is 3.03. The molecule has 2 rings (SSSR count). The van der Waals surface area contributed by atoms with Gasteiger partial charge in [0.1, 0.15) is 5.76 Å². The summed E-state index contributed by atoms with van der Waals surface area (Å²) in [7, 11) is 0. The van der Waals surface area contributed by atoms with Gasteiger partial charge in [0.05, 0.1) is 16.7 Å². The number of aryl methyl sites for hydroxylation is 1. The van der Waals surface area contributed by atoms with E-state index in [4.69, 9.17) is 22.4 Å². The molecule has 5 heteroatoms. The van der Waals surface area contributed by atoms with Crippen molar-refractivity contribution in [3.63, 3.8) is 0 Å². The topological polar surface area (TPSA) is 68.3 Å². The average Bonchev–Trinajstić information content (AvgIpc) is 2.84. The van der Waals surface area contributed by atoms with E-state index in [9.17, 15) is 4.79 Å². The van der Waals surface area contributed by atoms with Crippen molar-refractivity contribution in [2.75, 3.05) is 0 Å². The standard InChI is InChI=1S/C15H22N2O2S/c1-10-8-15(9-10,13(16)20)14(18)17-11(2)5-6-12-4-3-7-19-12/h3-4,7,10-11H,5-6,8-9H2,1-2H3,(H2,16,20)(H,17,18). The highest BCUT2D eigenvalue weighted by Gasteiger charge is 2.50. The number of amides is 1. The summed E-state index contributed by atoms with van der Waals surface area (Å²) in [4.78, 5) is 12.7. The molecule has 0 saturated heterocycles. The summed E-state index contributed by atoms with van der Waals surface area (Å²) in [5.74, 6) is 1.43. The lowest BCUT2D eigenvalue weighted by molar-refractivity contribution is -0.133. The predicted octanol–water partition coefficient (Wildman–Crippen LogP) is 2.42. The van der Waals surface area contributed by atoms with Gasteiger partial charge in [-0.25, -0.2) is 0 Å². The molecule has 1 unspecified atom stereocenters. The molecule has 1 aromatic rings. The molecule has 1 aromatic heterocycles. The molecule has 0 aromatic carbocycles. The minimum Gasteiger partial charge on any atom is -0.469 e. The van der Waals surface area contributed by atoms with Gasteiger partial charge in [-0.1, -0.05) is 19.1 Å². The molecule has 0 spiro atoms. The number of furan rings is 1. The lowest BCUT2D eigenvalue weighted by atomic mass is 9.62. The fraction of sp³-hybridized carbons (Fsp3) is 0.600. The second kappa shape index (κ2) is 5.95. The first-order valence-corrected chi connectivity index (χ1v) is 7.48. The number of rotatable bonds is 6. The van der Waals surface area contributed by atoms with Crippen molar-refractivity contribution >= 4 is 23.1 Å². The summed E-state index contributed by atoms with van der Waals surface area (Å²) < 4.78 is 5.29. The van der Waals surface area contributed by atoms with Crippen LogP contribution in [-0.4, -0.2) is 16.9 Å². The molecule has 1 aliphatic carbocycles. The van der Waals surface area contributed by atoms with Gasteiger partial charge in [-0.05, 0) is 44.2 Å². The molecule has 3 N–H and O–H groups in total. The smallest absolute Gasteiger partial charge is 0.233 e. The first kappa shape index (κ1) is 15.0. The van der Waals surface area contributed by atoms with E-state index in [2.05, 4.69) is 12.2 Å². The lowest BCUT2D eigenvalue weighted by Crippen LogP contribution is -2.57. The number of thiocarbonyl (C=S) groups is 1. The molecular formula is C15H22N2O2S. The third-order valence-corrected chi connectivity index (χ3v) is 4.47. The van der Waals surface area contributed by atoms with Crippen LogP contribution in [0.3, 0.4) is 0 Å². The monoisotopic (exact) mass is 294 g/mol. The Hall–Kier alpha value is -1.36. The van der Waals surface area contributed by atoms with E-state index in [0.29, 0.717) is 10.9 Å². The Morgan fingerprint density at radius 3 is 2.85 bits per heavy atom. The van der Waals surface area contributed by atoms with E-state index in [-0.39, 0.29) is 11.9 Å². The van der Waals surface area contributed by atoms with Crippen LogP contribution in [0.4, 0.5) is 0 Å². The van der Waals surface area contributed by atoms with E-state index in [1.165, 1.54) is 0 Å². The van der Waals surface area contributed by atoms with Gasteiger partial charge in [0.2, 0.25) is 5.91 Å². The van der Waals surface area contributed by atoms with Crippen LogP contribution in [0.15, 0.2) is 22.8 Å². The Balaban J connectivity index is 1.85. The van der Waals surface area contributed by atoms with Crippen molar-refractivity contribution in [3.8, 4) is 0 Å². The Kier molecular flexibility index (Phi) is 4.48. The molecule has 0 bridgehead atoms. The van der Waals surface area contributed by atoms with Crippen molar-refractivity contribution < 1.29 is 9.21 Å². The van der Waals surface area contributed by atoms with Crippen LogP contribution in [-0.2, 0) is 11.2 Å². The molecule has 1 saturated carbocycles. The van der Waals surface area contributed by atoms with Crippen LogP contribution in [0, 0.1) is 11.3 Å². The molecule has 20 heavy (non-hydrogen) atoms. The summed E-state index contributed by atoms with van der Waals surface area (Å²) in [6.45, 7) is 4.11. The second-order valence-electron chi connectivity index (χ2n) is 5.95. The zero-order valence-corrected chi connectivity index (χ0v) is 12.8. The number of carbonyl (C=O) groups excluding carboxylic acids is 1. The number of hydrogen-bond donors (Lipinski definition) is 2. The third-order valence-electron chi connectivity index (χ3n) is 4.08. The molecule has 1 fully saturated rings. The van der Waals surface area contributed by atoms with Gasteiger partial charge in [0, 0.05) is 12.5 Å². The fourth-order valence-corrected chi connectivity index (χ4v) is 3.14. The SMILES string of the molecule is CC1CC(C(=O)NC(C)CCc2ccco2)(C(N)=S)C1. The molecule has 0 radical (unpaired) electrons. The summed E-state index contributed by atoms with van der Waals surface area (Å²) in [5, 5.41) is 3.04. The van der Waals surface area contributed by atoms with Crippen molar-refractivity contribution in [1.29, 1.82) is 0 Å². The highest BCUT2D eigenvalue weighted by molar-refractivity contribution is 7.80. The molecule has 1 amide bonds. The predicted molar refractivity (Wildman–Crippen MR) is 82.3 cm³/mol. The van der Waals surface area contributed by atoms with Crippen molar-refractivity contribution in [2.24, 2.45) is 17.1 Å². The maximum Gasteiger partial charge on any atom is 0.233 e. The van der Waals surface area contributed by atoms with Gasteiger partial charge in [-0.3, -0.25) is 4.79 Å². The van der Waals surface area contributed by atoms with E-state index in [1.54, 1.807) is 6.26 Å². The molecule has 0 aliphatic heterocycles. The van der Waals surface area contributed by atoms with Crippen LogP contribution in [0.5, 0.6) is 0 Å². The Morgan fingerprint density at radius 2 is 2.35 bits per heavy atom. The maximum absolute atomic E-state index is 12.4. The van der Waals surface area contributed by atoms with Gasteiger partial charge in [0.25, 0.3) is 0 Å². The Morgan fingerprint density at radius 1 is 1.65 bits per heavy atom. The van der Waals surface area contributed by atoms with E-state index >= 15 is 0 Å².